The van der Waals surface area contributed by atoms with E-state index in [9.17, 15) is 8.42 Å². The lowest BCUT2D eigenvalue weighted by Crippen LogP contribution is -2.12. The summed E-state index contributed by atoms with van der Waals surface area (Å²) in [6.07, 6.45) is 15.1. The lowest BCUT2D eigenvalue weighted by molar-refractivity contribution is 0.597. The third-order valence-electron chi connectivity index (χ3n) is 5.03. The van der Waals surface area contributed by atoms with Gasteiger partial charge < -0.3 is 5.32 Å². The molecule has 0 saturated carbocycles. The maximum atomic E-state index is 11.8. The Morgan fingerprint density at radius 3 is 2.71 bits per heavy atom. The third kappa shape index (κ3) is 5.45. The van der Waals surface area contributed by atoms with Crippen molar-refractivity contribution in [3.05, 3.63) is 97.4 Å². The highest BCUT2D eigenvalue weighted by atomic mass is 32.2. The van der Waals surface area contributed by atoms with Crippen LogP contribution in [0.15, 0.2) is 91.0 Å². The molecule has 0 fully saturated rings. The van der Waals surface area contributed by atoms with Crippen LogP contribution >= 0.6 is 0 Å². The molecule has 0 spiro atoms. The highest BCUT2D eigenvalue weighted by Gasteiger charge is 2.17. The lowest BCUT2D eigenvalue weighted by Gasteiger charge is -2.15. The number of fused-ring (bicyclic) bond motifs is 1. The summed E-state index contributed by atoms with van der Waals surface area (Å²) >= 11 is 0. The molecule has 10 heteroatoms. The largest absolute Gasteiger partial charge is 0.364 e. The van der Waals surface area contributed by atoms with E-state index in [0.29, 0.717) is 29.3 Å². The minimum absolute atomic E-state index is 0.120. The van der Waals surface area contributed by atoms with Gasteiger partial charge in [0.1, 0.15) is 10.7 Å². The minimum Gasteiger partial charge on any atom is -0.364 e. The number of allylic oxidation sites excluding steroid dienone is 5. The lowest BCUT2D eigenvalue weighted by atomic mass is 9.99. The Kier molecular flexibility index (Phi) is 7.04. The number of rotatable bonds is 8. The van der Waals surface area contributed by atoms with Gasteiger partial charge in [-0.25, -0.2) is 23.5 Å². The van der Waals surface area contributed by atoms with E-state index in [0.717, 1.165) is 22.2 Å². The number of hydrogen-bond acceptors (Lipinski definition) is 8. The molecule has 3 aromatic heterocycles. The zero-order valence-corrected chi connectivity index (χ0v) is 19.8. The van der Waals surface area contributed by atoms with Crippen LogP contribution in [0.1, 0.15) is 18.2 Å². The van der Waals surface area contributed by atoms with Crippen LogP contribution in [0.25, 0.3) is 27.9 Å². The highest BCUT2D eigenvalue weighted by Crippen LogP contribution is 2.32. The monoisotopic (exact) mass is 485 g/mol. The van der Waals surface area contributed by atoms with Crippen molar-refractivity contribution in [2.45, 2.75) is 18.4 Å². The van der Waals surface area contributed by atoms with E-state index < -0.39 is 10.0 Å². The first kappa shape index (κ1) is 23.9. The predicted molar refractivity (Wildman–Crippen MR) is 136 cm³/mol. The van der Waals surface area contributed by atoms with Gasteiger partial charge in [-0.2, -0.15) is 0 Å². The maximum absolute atomic E-state index is 11.8. The molecule has 9 nitrogen and oxygen atoms in total. The molecule has 0 amide bonds. The Labute approximate surface area is 203 Å². The van der Waals surface area contributed by atoms with Gasteiger partial charge in [-0.3, -0.25) is 15.0 Å². The standard InChI is InChI=1S/C25H23N7O2S/c1-3-6-17(7-4-2)21-8-5-9-22-23(21)25(30-15-19-14-27-10-11-29-19)32-24(31-22)18-12-20(16-28-13-18)35(26,33)34/h3-14,16H,1,15H2,2H3,(H2,26,33,34)(H,30,31,32)/b7-4-,17-6+. The molecule has 0 aliphatic carbocycles. The van der Waals surface area contributed by atoms with E-state index in [-0.39, 0.29) is 4.90 Å². The Morgan fingerprint density at radius 2 is 2.00 bits per heavy atom. The summed E-state index contributed by atoms with van der Waals surface area (Å²) in [5.41, 5.74) is 3.65. The Balaban J connectivity index is 1.93. The second-order valence-corrected chi connectivity index (χ2v) is 9.02. The van der Waals surface area contributed by atoms with Crippen molar-refractivity contribution in [1.29, 1.82) is 0 Å². The predicted octanol–water partition coefficient (Wildman–Crippen LogP) is 3.89. The molecule has 4 rings (SSSR count). The van der Waals surface area contributed by atoms with Crippen molar-refractivity contribution in [1.82, 2.24) is 24.9 Å². The van der Waals surface area contributed by atoms with Crippen LogP contribution < -0.4 is 10.5 Å². The summed E-state index contributed by atoms with van der Waals surface area (Å²) in [6.45, 7) is 6.14. The number of sulfonamides is 1. The SMILES string of the molecule is C=C/C=C(\C=C/C)c1cccc2nc(-c3cncc(S(N)(=O)=O)c3)nc(NCc3cnccn3)c12. The number of primary sulfonamides is 1. The molecule has 0 aliphatic rings. The maximum Gasteiger partial charge on any atom is 0.239 e. The van der Waals surface area contributed by atoms with E-state index in [1.54, 1.807) is 24.7 Å². The van der Waals surface area contributed by atoms with Crippen LogP contribution in [-0.4, -0.2) is 33.3 Å². The van der Waals surface area contributed by atoms with Crippen molar-refractivity contribution in [3.8, 4) is 11.4 Å². The highest BCUT2D eigenvalue weighted by molar-refractivity contribution is 7.89. The molecule has 4 aromatic rings. The second kappa shape index (κ2) is 10.3. The molecule has 3 heterocycles. The summed E-state index contributed by atoms with van der Waals surface area (Å²) in [7, 11) is -3.94. The Morgan fingerprint density at radius 1 is 1.14 bits per heavy atom. The van der Waals surface area contributed by atoms with Crippen molar-refractivity contribution in [2.75, 3.05) is 5.32 Å². The van der Waals surface area contributed by atoms with Crippen molar-refractivity contribution < 1.29 is 8.42 Å². The zero-order valence-electron chi connectivity index (χ0n) is 19.0. The van der Waals surface area contributed by atoms with Gasteiger partial charge in [0.25, 0.3) is 0 Å². The van der Waals surface area contributed by atoms with E-state index in [4.69, 9.17) is 15.1 Å². The normalized spacial score (nSPS) is 12.2. The summed E-state index contributed by atoms with van der Waals surface area (Å²) in [6, 6.07) is 7.16. The molecule has 0 atom stereocenters. The van der Waals surface area contributed by atoms with Gasteiger partial charge in [-0.15, -0.1) is 0 Å². The van der Waals surface area contributed by atoms with E-state index in [2.05, 4.69) is 26.8 Å². The summed E-state index contributed by atoms with van der Waals surface area (Å²) in [4.78, 5) is 21.8. The summed E-state index contributed by atoms with van der Waals surface area (Å²) in [5, 5.41) is 9.43. The number of aromatic nitrogens is 5. The molecule has 0 bridgehead atoms. The van der Waals surface area contributed by atoms with Crippen LogP contribution in [0.2, 0.25) is 0 Å². The first-order valence-corrected chi connectivity index (χ1v) is 12.2. The first-order valence-electron chi connectivity index (χ1n) is 10.6. The molecule has 0 radical (unpaired) electrons. The number of benzene rings is 1. The number of nitrogens with one attached hydrogen (secondary N) is 1. The van der Waals surface area contributed by atoms with Crippen LogP contribution in [-0.2, 0) is 16.6 Å². The second-order valence-electron chi connectivity index (χ2n) is 7.46. The topological polar surface area (TPSA) is 137 Å². The number of anilines is 1. The fourth-order valence-electron chi connectivity index (χ4n) is 3.51. The number of pyridine rings is 1. The summed E-state index contributed by atoms with van der Waals surface area (Å²) < 4.78 is 23.7. The minimum atomic E-state index is -3.94. The van der Waals surface area contributed by atoms with Gasteiger partial charge in [0.15, 0.2) is 5.82 Å². The number of nitrogens with zero attached hydrogens (tertiary/aromatic N) is 5. The summed E-state index contributed by atoms with van der Waals surface area (Å²) in [5.74, 6) is 0.848. The van der Waals surface area contributed by atoms with Crippen LogP contribution in [0.4, 0.5) is 5.82 Å². The number of nitrogens with two attached hydrogens (primary N) is 1. The molecule has 0 aliphatic heterocycles. The van der Waals surface area contributed by atoms with Gasteiger partial charge in [-0.05, 0) is 30.2 Å². The van der Waals surface area contributed by atoms with Crippen molar-refractivity contribution >= 4 is 32.3 Å². The smallest absolute Gasteiger partial charge is 0.239 e. The Bertz CT molecular complexity index is 1550. The Hall–Kier alpha value is -4.28. The molecular weight excluding hydrogens is 462 g/mol. The van der Waals surface area contributed by atoms with E-state index in [1.807, 2.05) is 43.4 Å². The van der Waals surface area contributed by atoms with Gasteiger partial charge in [0.2, 0.25) is 10.0 Å². The first-order chi connectivity index (χ1) is 16.9. The molecule has 176 valence electrons. The fourth-order valence-corrected chi connectivity index (χ4v) is 4.01. The average Bonchev–Trinajstić information content (AvgIpc) is 2.87. The molecule has 1 aromatic carbocycles. The molecule has 0 unspecified atom stereocenters. The van der Waals surface area contributed by atoms with Gasteiger partial charge >= 0.3 is 0 Å². The zero-order chi connectivity index (χ0) is 24.8. The third-order valence-corrected chi connectivity index (χ3v) is 5.91. The quantitative estimate of drug-likeness (QED) is 0.359. The van der Waals surface area contributed by atoms with E-state index >= 15 is 0 Å². The average molecular weight is 486 g/mol. The van der Waals surface area contributed by atoms with Gasteiger partial charge in [-0.1, -0.05) is 43.0 Å². The van der Waals surface area contributed by atoms with Crippen LogP contribution in [0.5, 0.6) is 0 Å². The van der Waals surface area contributed by atoms with E-state index in [1.165, 1.54) is 18.5 Å². The molecule has 3 N–H and O–H groups in total. The van der Waals surface area contributed by atoms with Gasteiger partial charge in [0.05, 0.1) is 29.3 Å². The molecule has 0 saturated heterocycles. The number of hydrogen-bond donors (Lipinski definition) is 2. The molecule has 35 heavy (non-hydrogen) atoms. The van der Waals surface area contributed by atoms with Crippen LogP contribution in [0, 0.1) is 0 Å². The molecular formula is C25H23N7O2S. The van der Waals surface area contributed by atoms with Crippen molar-refractivity contribution in [2.24, 2.45) is 5.14 Å². The van der Waals surface area contributed by atoms with Crippen molar-refractivity contribution in [3.63, 3.8) is 0 Å². The fraction of sp³-hybridized carbons (Fsp3) is 0.0800. The van der Waals surface area contributed by atoms with Crippen LogP contribution in [0.3, 0.4) is 0 Å². The van der Waals surface area contributed by atoms with Gasteiger partial charge in [0, 0.05) is 30.4 Å².